The molecule has 17 heavy (non-hydrogen) atoms. The van der Waals surface area contributed by atoms with Crippen molar-refractivity contribution in [2.24, 2.45) is 0 Å². The summed E-state index contributed by atoms with van der Waals surface area (Å²) in [5.41, 5.74) is 0.284. The second-order valence-corrected chi connectivity index (χ2v) is 5.50. The highest BCUT2D eigenvalue weighted by Gasteiger charge is 2.35. The van der Waals surface area contributed by atoms with E-state index in [2.05, 4.69) is 15.9 Å². The zero-order valence-electron chi connectivity index (χ0n) is 9.98. The second-order valence-electron chi connectivity index (χ2n) is 4.85. The highest BCUT2D eigenvalue weighted by atomic mass is 79.9. The van der Waals surface area contributed by atoms with Crippen LogP contribution in [0.4, 0.5) is 0 Å². The fourth-order valence-electron chi connectivity index (χ4n) is 2.10. The molecule has 0 N–H and O–H groups in total. The maximum absolute atomic E-state index is 12.2. The topological polar surface area (TPSA) is 42.7 Å². The monoisotopic (exact) mass is 301 g/mol. The molecule has 0 spiro atoms. The number of morpholine rings is 1. The number of carbonyl (C=O) groups excluding carboxylic acids is 1. The van der Waals surface area contributed by atoms with Crippen molar-refractivity contribution < 1.29 is 13.9 Å². The van der Waals surface area contributed by atoms with Gasteiger partial charge in [0.2, 0.25) is 0 Å². The van der Waals surface area contributed by atoms with Crippen molar-refractivity contribution in [3.8, 4) is 0 Å². The maximum Gasteiger partial charge on any atom is 0.257 e. The van der Waals surface area contributed by atoms with Crippen LogP contribution in [0.2, 0.25) is 0 Å². The summed E-state index contributed by atoms with van der Waals surface area (Å²) in [4.78, 5) is 14.0. The molecule has 1 saturated heterocycles. The number of hydrogen-bond donors (Lipinski definition) is 0. The Morgan fingerprint density at radius 1 is 1.65 bits per heavy atom. The summed E-state index contributed by atoms with van der Waals surface area (Å²) in [5, 5.41) is 0.728. The Bertz CT molecular complexity index is 388. The maximum atomic E-state index is 12.2. The van der Waals surface area contributed by atoms with Gasteiger partial charge in [-0.25, -0.2) is 0 Å². The molecule has 0 aromatic carbocycles. The van der Waals surface area contributed by atoms with Gasteiger partial charge in [-0.15, -0.1) is 0 Å². The first-order chi connectivity index (χ1) is 8.02. The minimum Gasteiger partial charge on any atom is -0.472 e. The first-order valence-electron chi connectivity index (χ1n) is 5.57. The fourth-order valence-corrected chi connectivity index (χ4v) is 2.44. The molecular weight excluding hydrogens is 286 g/mol. The van der Waals surface area contributed by atoms with Crippen molar-refractivity contribution in [3.05, 3.63) is 24.2 Å². The van der Waals surface area contributed by atoms with Crippen molar-refractivity contribution in [2.75, 3.05) is 18.4 Å². The van der Waals surface area contributed by atoms with Gasteiger partial charge in [0.1, 0.15) is 6.26 Å². The molecule has 94 valence electrons. The smallest absolute Gasteiger partial charge is 0.257 e. The van der Waals surface area contributed by atoms with Crippen molar-refractivity contribution in [2.45, 2.75) is 25.6 Å². The van der Waals surface area contributed by atoms with Crippen LogP contribution in [0, 0.1) is 0 Å². The number of furan rings is 1. The minimum atomic E-state index is -0.309. The lowest BCUT2D eigenvalue weighted by Crippen LogP contribution is -2.55. The van der Waals surface area contributed by atoms with E-state index in [0.29, 0.717) is 18.7 Å². The Hall–Kier alpha value is -0.810. The third-order valence-corrected chi connectivity index (χ3v) is 3.43. The van der Waals surface area contributed by atoms with E-state index in [1.165, 1.54) is 12.5 Å². The van der Waals surface area contributed by atoms with Gasteiger partial charge in [0, 0.05) is 18.4 Å². The van der Waals surface area contributed by atoms with Crippen LogP contribution in [0.25, 0.3) is 0 Å². The van der Waals surface area contributed by atoms with E-state index in [4.69, 9.17) is 9.15 Å². The van der Waals surface area contributed by atoms with Gasteiger partial charge in [0.05, 0.1) is 23.5 Å². The molecule has 1 aliphatic heterocycles. The van der Waals surface area contributed by atoms with Gasteiger partial charge in [-0.05, 0) is 19.9 Å². The molecule has 1 unspecified atom stereocenters. The van der Waals surface area contributed by atoms with Crippen molar-refractivity contribution in [3.63, 3.8) is 0 Å². The molecule has 0 saturated carbocycles. The van der Waals surface area contributed by atoms with Gasteiger partial charge in [-0.2, -0.15) is 0 Å². The minimum absolute atomic E-state index is 0.000995. The van der Waals surface area contributed by atoms with Crippen molar-refractivity contribution in [1.29, 1.82) is 0 Å². The number of rotatable bonds is 2. The molecule has 1 amide bonds. The summed E-state index contributed by atoms with van der Waals surface area (Å²) >= 11 is 3.41. The van der Waals surface area contributed by atoms with Crippen LogP contribution in [0.3, 0.4) is 0 Å². The number of amides is 1. The Kier molecular flexibility index (Phi) is 3.58. The van der Waals surface area contributed by atoms with E-state index in [1.54, 1.807) is 6.07 Å². The Labute approximate surface area is 109 Å². The number of carbonyl (C=O) groups is 1. The number of alkyl halides is 1. The van der Waals surface area contributed by atoms with Crippen LogP contribution < -0.4 is 0 Å². The summed E-state index contributed by atoms with van der Waals surface area (Å²) in [6, 6.07) is 1.69. The summed E-state index contributed by atoms with van der Waals surface area (Å²) in [6.45, 7) is 5.20. The third-order valence-electron chi connectivity index (χ3n) is 2.71. The molecule has 5 heteroatoms. The number of nitrogens with zero attached hydrogens (tertiary/aromatic N) is 1. The summed E-state index contributed by atoms with van der Waals surface area (Å²) in [7, 11) is 0. The average molecular weight is 302 g/mol. The number of hydrogen-bond acceptors (Lipinski definition) is 3. The predicted octanol–water partition coefficient (Wildman–Crippen LogP) is 2.29. The lowest BCUT2D eigenvalue weighted by molar-refractivity contribution is -0.116. The molecular formula is C12H16BrNO3. The quantitative estimate of drug-likeness (QED) is 0.787. The molecule has 4 nitrogen and oxygen atoms in total. The predicted molar refractivity (Wildman–Crippen MR) is 67.4 cm³/mol. The van der Waals surface area contributed by atoms with Gasteiger partial charge in [-0.3, -0.25) is 4.79 Å². The van der Waals surface area contributed by atoms with Crippen LogP contribution in [0.5, 0.6) is 0 Å². The SMILES string of the molecule is CC1(C)CN(C(=O)c2ccoc2)CC(CBr)O1. The fraction of sp³-hybridized carbons (Fsp3) is 0.583. The molecule has 2 heterocycles. The third kappa shape index (κ3) is 2.90. The first kappa shape index (κ1) is 12.6. The summed E-state index contributed by atoms with van der Waals surface area (Å²) in [5.74, 6) is 0.000995. The van der Waals surface area contributed by atoms with Crippen LogP contribution >= 0.6 is 15.9 Å². The number of halogens is 1. The van der Waals surface area contributed by atoms with Crippen molar-refractivity contribution in [1.82, 2.24) is 4.90 Å². The zero-order chi connectivity index (χ0) is 12.5. The Morgan fingerprint density at radius 3 is 3.00 bits per heavy atom. The van der Waals surface area contributed by atoms with Gasteiger partial charge >= 0.3 is 0 Å². The first-order valence-corrected chi connectivity index (χ1v) is 6.69. The van der Waals surface area contributed by atoms with E-state index >= 15 is 0 Å². The molecule has 1 aromatic heterocycles. The van der Waals surface area contributed by atoms with E-state index in [0.717, 1.165) is 5.33 Å². The van der Waals surface area contributed by atoms with Crippen LogP contribution in [0.1, 0.15) is 24.2 Å². The van der Waals surface area contributed by atoms with Gasteiger partial charge in [-0.1, -0.05) is 15.9 Å². The zero-order valence-corrected chi connectivity index (χ0v) is 11.6. The normalized spacial score (nSPS) is 23.7. The molecule has 0 bridgehead atoms. The van der Waals surface area contributed by atoms with Crippen LogP contribution in [-0.4, -0.2) is 40.9 Å². The number of ether oxygens (including phenoxy) is 1. The molecule has 1 aromatic rings. The lowest BCUT2D eigenvalue weighted by atomic mass is 10.0. The molecule has 1 atom stereocenters. The molecule has 1 aliphatic rings. The van der Waals surface area contributed by atoms with Gasteiger partial charge in [0.15, 0.2) is 0 Å². The highest BCUT2D eigenvalue weighted by molar-refractivity contribution is 9.09. The molecule has 0 aliphatic carbocycles. The largest absolute Gasteiger partial charge is 0.472 e. The average Bonchev–Trinajstić information content (AvgIpc) is 2.79. The molecule has 1 fully saturated rings. The van der Waals surface area contributed by atoms with E-state index in [9.17, 15) is 4.79 Å². The van der Waals surface area contributed by atoms with E-state index < -0.39 is 0 Å². The van der Waals surface area contributed by atoms with Gasteiger partial charge < -0.3 is 14.1 Å². The van der Waals surface area contributed by atoms with Crippen molar-refractivity contribution >= 4 is 21.8 Å². The van der Waals surface area contributed by atoms with E-state index in [-0.39, 0.29) is 17.6 Å². The Morgan fingerprint density at radius 2 is 2.41 bits per heavy atom. The van der Waals surface area contributed by atoms with Gasteiger partial charge in [0.25, 0.3) is 5.91 Å². The Balaban J connectivity index is 2.12. The second kappa shape index (κ2) is 4.82. The highest BCUT2D eigenvalue weighted by Crippen LogP contribution is 2.23. The molecule has 2 rings (SSSR count). The van der Waals surface area contributed by atoms with Crippen LogP contribution in [-0.2, 0) is 4.74 Å². The summed E-state index contributed by atoms with van der Waals surface area (Å²) in [6.07, 6.45) is 3.03. The molecule has 0 radical (unpaired) electrons. The standard InChI is InChI=1S/C12H16BrNO3/c1-12(2)8-14(6-10(5-13)17-12)11(15)9-3-4-16-7-9/h3-4,7,10H,5-6,8H2,1-2H3. The summed E-state index contributed by atoms with van der Waals surface area (Å²) < 4.78 is 10.8. The van der Waals surface area contributed by atoms with Crippen LogP contribution in [0.15, 0.2) is 23.0 Å². The van der Waals surface area contributed by atoms with E-state index in [1.807, 2.05) is 18.7 Å². The lowest BCUT2D eigenvalue weighted by Gasteiger charge is -2.42.